The van der Waals surface area contributed by atoms with Gasteiger partial charge < -0.3 is 5.73 Å². The van der Waals surface area contributed by atoms with Crippen LogP contribution in [0, 0.1) is 0 Å². The molecule has 2 rings (SSSR count). The monoisotopic (exact) mass is 259 g/mol. The maximum absolute atomic E-state index is 12.2. The van der Waals surface area contributed by atoms with E-state index in [1.807, 2.05) is 19.1 Å². The minimum absolute atomic E-state index is 0.0266. The second kappa shape index (κ2) is 5.97. The third-order valence-corrected chi connectivity index (χ3v) is 3.77. The molecule has 0 spiro atoms. The SMILES string of the molecule is CC1(c2ccccc2CCCCN)CC=NNC1=O. The van der Waals surface area contributed by atoms with Crippen LogP contribution in [0.25, 0.3) is 0 Å². The van der Waals surface area contributed by atoms with Gasteiger partial charge in [0.05, 0.1) is 5.41 Å². The van der Waals surface area contributed by atoms with Crippen molar-refractivity contribution in [1.82, 2.24) is 5.43 Å². The van der Waals surface area contributed by atoms with Crippen LogP contribution in [0.3, 0.4) is 0 Å². The Hall–Kier alpha value is -1.68. The number of carbonyl (C=O) groups is 1. The number of unbranched alkanes of at least 4 members (excludes halogenated alkanes) is 1. The molecule has 0 saturated carbocycles. The van der Waals surface area contributed by atoms with Gasteiger partial charge in [-0.15, -0.1) is 0 Å². The number of amides is 1. The average molecular weight is 259 g/mol. The standard InChI is InChI=1S/C15H21N3O/c1-15(9-11-17-18-14(15)19)13-8-3-2-6-12(13)7-4-5-10-16/h2-3,6,8,11H,4-5,7,9-10,16H2,1H3,(H,18,19). The summed E-state index contributed by atoms with van der Waals surface area (Å²) >= 11 is 0. The van der Waals surface area contributed by atoms with Gasteiger partial charge in [0.2, 0.25) is 0 Å². The van der Waals surface area contributed by atoms with Gasteiger partial charge in [0.15, 0.2) is 0 Å². The number of hydrogen-bond acceptors (Lipinski definition) is 3. The van der Waals surface area contributed by atoms with Crippen LogP contribution in [-0.2, 0) is 16.6 Å². The van der Waals surface area contributed by atoms with E-state index in [0.717, 1.165) is 24.8 Å². The van der Waals surface area contributed by atoms with Gasteiger partial charge in [-0.3, -0.25) is 4.79 Å². The zero-order valence-corrected chi connectivity index (χ0v) is 11.4. The van der Waals surface area contributed by atoms with E-state index in [9.17, 15) is 4.79 Å². The molecule has 1 aromatic carbocycles. The summed E-state index contributed by atoms with van der Waals surface area (Å²) in [4.78, 5) is 12.2. The molecule has 3 N–H and O–H groups in total. The Morgan fingerprint density at radius 3 is 2.89 bits per heavy atom. The Balaban J connectivity index is 2.28. The molecule has 1 unspecified atom stereocenters. The summed E-state index contributed by atoms with van der Waals surface area (Å²) in [6.45, 7) is 2.70. The molecule has 0 bridgehead atoms. The van der Waals surface area contributed by atoms with Crippen molar-refractivity contribution in [3.8, 4) is 0 Å². The Bertz CT molecular complexity index is 484. The van der Waals surface area contributed by atoms with Crippen LogP contribution in [0.1, 0.15) is 37.3 Å². The van der Waals surface area contributed by atoms with E-state index in [4.69, 9.17) is 5.73 Å². The van der Waals surface area contributed by atoms with Crippen LogP contribution < -0.4 is 11.2 Å². The Kier molecular flexibility index (Phi) is 4.32. The van der Waals surface area contributed by atoms with E-state index in [1.165, 1.54) is 5.56 Å². The van der Waals surface area contributed by atoms with Crippen LogP contribution in [0.15, 0.2) is 29.4 Å². The number of aryl methyl sites for hydroxylation is 1. The molecule has 0 saturated heterocycles. The van der Waals surface area contributed by atoms with Crippen molar-refractivity contribution in [2.24, 2.45) is 10.8 Å². The molecule has 1 aliphatic rings. The van der Waals surface area contributed by atoms with E-state index >= 15 is 0 Å². The van der Waals surface area contributed by atoms with E-state index in [2.05, 4.69) is 22.7 Å². The molecular formula is C15H21N3O. The number of nitrogens with zero attached hydrogens (tertiary/aromatic N) is 1. The lowest BCUT2D eigenvalue weighted by Crippen LogP contribution is -2.44. The molecule has 1 aromatic rings. The van der Waals surface area contributed by atoms with E-state index in [1.54, 1.807) is 6.21 Å². The third kappa shape index (κ3) is 2.84. The molecule has 0 aliphatic carbocycles. The molecule has 0 aromatic heterocycles. The van der Waals surface area contributed by atoms with Crippen molar-refractivity contribution in [3.63, 3.8) is 0 Å². The smallest absolute Gasteiger partial charge is 0.250 e. The highest BCUT2D eigenvalue weighted by molar-refractivity contribution is 5.93. The number of carbonyl (C=O) groups excluding carboxylic acids is 1. The van der Waals surface area contributed by atoms with E-state index < -0.39 is 5.41 Å². The van der Waals surface area contributed by atoms with Gasteiger partial charge in [-0.25, -0.2) is 5.43 Å². The van der Waals surface area contributed by atoms with Gasteiger partial charge in [-0.1, -0.05) is 24.3 Å². The molecule has 4 heteroatoms. The third-order valence-electron chi connectivity index (χ3n) is 3.77. The predicted molar refractivity (Wildman–Crippen MR) is 77.0 cm³/mol. The lowest BCUT2D eigenvalue weighted by atomic mass is 9.75. The number of hydrogen-bond donors (Lipinski definition) is 2. The van der Waals surface area contributed by atoms with Crippen molar-refractivity contribution in [1.29, 1.82) is 0 Å². The summed E-state index contributed by atoms with van der Waals surface area (Å²) in [6.07, 6.45) is 5.45. The van der Waals surface area contributed by atoms with Gasteiger partial charge in [0, 0.05) is 12.6 Å². The predicted octanol–water partition coefficient (Wildman–Crippen LogP) is 1.73. The number of benzene rings is 1. The zero-order chi connectivity index (χ0) is 13.7. The molecule has 1 atom stereocenters. The van der Waals surface area contributed by atoms with E-state index in [-0.39, 0.29) is 5.91 Å². The molecular weight excluding hydrogens is 238 g/mol. The van der Waals surface area contributed by atoms with Crippen LogP contribution >= 0.6 is 0 Å². The van der Waals surface area contributed by atoms with Crippen LogP contribution in [0.2, 0.25) is 0 Å². The first-order valence-electron chi connectivity index (χ1n) is 6.79. The molecule has 1 amide bonds. The largest absolute Gasteiger partial charge is 0.330 e. The van der Waals surface area contributed by atoms with Crippen LogP contribution in [-0.4, -0.2) is 18.7 Å². The summed E-state index contributed by atoms with van der Waals surface area (Å²) in [6, 6.07) is 8.18. The summed E-state index contributed by atoms with van der Waals surface area (Å²) in [5.74, 6) is -0.0266. The summed E-state index contributed by atoms with van der Waals surface area (Å²) in [5.41, 5.74) is 9.95. The highest BCUT2D eigenvalue weighted by Gasteiger charge is 2.37. The summed E-state index contributed by atoms with van der Waals surface area (Å²) < 4.78 is 0. The maximum atomic E-state index is 12.2. The fraction of sp³-hybridized carbons (Fsp3) is 0.467. The summed E-state index contributed by atoms with van der Waals surface area (Å²) in [5, 5.41) is 3.84. The number of hydrazone groups is 1. The highest BCUT2D eigenvalue weighted by Crippen LogP contribution is 2.32. The number of nitrogens with one attached hydrogen (secondary N) is 1. The van der Waals surface area contributed by atoms with Crippen molar-refractivity contribution in [2.75, 3.05) is 6.54 Å². The number of nitrogens with two attached hydrogens (primary N) is 1. The lowest BCUT2D eigenvalue weighted by molar-refractivity contribution is -0.126. The van der Waals surface area contributed by atoms with Gasteiger partial charge in [-0.2, -0.15) is 5.10 Å². The zero-order valence-electron chi connectivity index (χ0n) is 11.4. The Morgan fingerprint density at radius 1 is 1.37 bits per heavy atom. The van der Waals surface area contributed by atoms with E-state index in [0.29, 0.717) is 13.0 Å². The first kappa shape index (κ1) is 13.7. The fourth-order valence-corrected chi connectivity index (χ4v) is 2.52. The first-order chi connectivity index (χ1) is 9.18. The molecule has 0 fully saturated rings. The van der Waals surface area contributed by atoms with Gasteiger partial charge in [-0.05, 0) is 43.9 Å². The first-order valence-corrected chi connectivity index (χ1v) is 6.79. The maximum Gasteiger partial charge on any atom is 0.250 e. The average Bonchev–Trinajstić information content (AvgIpc) is 2.43. The summed E-state index contributed by atoms with van der Waals surface area (Å²) in [7, 11) is 0. The van der Waals surface area contributed by atoms with Gasteiger partial charge >= 0.3 is 0 Å². The number of rotatable bonds is 5. The fourth-order valence-electron chi connectivity index (χ4n) is 2.52. The minimum atomic E-state index is -0.513. The Morgan fingerprint density at radius 2 is 2.16 bits per heavy atom. The topological polar surface area (TPSA) is 67.5 Å². The normalized spacial score (nSPS) is 22.3. The molecule has 0 radical (unpaired) electrons. The van der Waals surface area contributed by atoms with Crippen molar-refractivity contribution in [3.05, 3.63) is 35.4 Å². The van der Waals surface area contributed by atoms with Crippen molar-refractivity contribution >= 4 is 12.1 Å². The van der Waals surface area contributed by atoms with Gasteiger partial charge in [0.1, 0.15) is 0 Å². The molecule has 19 heavy (non-hydrogen) atoms. The second-order valence-corrected chi connectivity index (χ2v) is 5.19. The molecule has 4 nitrogen and oxygen atoms in total. The van der Waals surface area contributed by atoms with Crippen LogP contribution in [0.4, 0.5) is 0 Å². The lowest BCUT2D eigenvalue weighted by Gasteiger charge is -2.31. The quantitative estimate of drug-likeness (QED) is 0.791. The van der Waals surface area contributed by atoms with Gasteiger partial charge in [0.25, 0.3) is 5.91 Å². The van der Waals surface area contributed by atoms with Crippen molar-refractivity contribution < 1.29 is 4.79 Å². The highest BCUT2D eigenvalue weighted by atomic mass is 16.2. The minimum Gasteiger partial charge on any atom is -0.330 e. The van der Waals surface area contributed by atoms with Crippen molar-refractivity contribution in [2.45, 2.75) is 38.0 Å². The van der Waals surface area contributed by atoms with Crippen LogP contribution in [0.5, 0.6) is 0 Å². The molecule has 102 valence electrons. The molecule has 1 heterocycles. The molecule has 1 aliphatic heterocycles. The Labute approximate surface area is 114 Å². The second-order valence-electron chi connectivity index (χ2n) is 5.19.